The fraction of sp³-hybridized carbons (Fsp3) is 0.455. The molecule has 7 heteroatoms. The summed E-state index contributed by atoms with van der Waals surface area (Å²) in [7, 11) is 0. The van der Waals surface area contributed by atoms with E-state index in [-0.39, 0.29) is 0 Å². The molecule has 1 aromatic carbocycles. The third-order valence-electron chi connectivity index (χ3n) is 4.83. The van der Waals surface area contributed by atoms with Gasteiger partial charge < -0.3 is 25.3 Å². The minimum Gasteiger partial charge on any atom is -0.493 e. The lowest BCUT2D eigenvalue weighted by Gasteiger charge is -2.14. The maximum absolute atomic E-state index is 8.16. The number of nitrogens with one attached hydrogen (secondary N) is 3. The number of aromatic nitrogens is 2. The standard InChI is InChI=1S/C22H31N5OS/c1-6-24-21-20(16(5)23)26-22(27(21)10-7-9-25-14(2)3)29-19-13-18-17(8-11-28-18)12-15(19)4/h6,12-14,23-25H,1,7-11H2,2-5H3. The normalized spacial score (nSPS) is 12.7. The van der Waals surface area contributed by atoms with Gasteiger partial charge in [0.25, 0.3) is 0 Å². The van der Waals surface area contributed by atoms with Crippen molar-refractivity contribution in [2.24, 2.45) is 0 Å². The third kappa shape index (κ3) is 5.03. The summed E-state index contributed by atoms with van der Waals surface area (Å²) in [5, 5.41) is 15.7. The zero-order chi connectivity index (χ0) is 21.0. The molecule has 1 aliphatic heterocycles. The van der Waals surface area contributed by atoms with Crippen molar-refractivity contribution < 1.29 is 4.74 Å². The van der Waals surface area contributed by atoms with Crippen LogP contribution < -0.4 is 15.4 Å². The van der Waals surface area contributed by atoms with Gasteiger partial charge in [0.05, 0.1) is 12.3 Å². The van der Waals surface area contributed by atoms with Gasteiger partial charge >= 0.3 is 0 Å². The van der Waals surface area contributed by atoms with Crippen LogP contribution in [0.2, 0.25) is 0 Å². The van der Waals surface area contributed by atoms with Crippen LogP contribution in [0, 0.1) is 12.3 Å². The molecule has 0 saturated heterocycles. The van der Waals surface area contributed by atoms with Gasteiger partial charge in [-0.1, -0.05) is 38.3 Å². The zero-order valence-electron chi connectivity index (χ0n) is 17.8. The fourth-order valence-corrected chi connectivity index (χ4v) is 4.40. The van der Waals surface area contributed by atoms with Gasteiger partial charge in [0.15, 0.2) is 5.16 Å². The van der Waals surface area contributed by atoms with E-state index in [0.29, 0.717) is 17.4 Å². The zero-order valence-corrected chi connectivity index (χ0v) is 18.6. The Labute approximate surface area is 177 Å². The van der Waals surface area contributed by atoms with Gasteiger partial charge in [-0.15, -0.1) is 0 Å². The summed E-state index contributed by atoms with van der Waals surface area (Å²) in [5.41, 5.74) is 3.60. The lowest BCUT2D eigenvalue weighted by Crippen LogP contribution is -2.24. The third-order valence-corrected chi connectivity index (χ3v) is 5.98. The summed E-state index contributed by atoms with van der Waals surface area (Å²) in [5.74, 6) is 1.81. The van der Waals surface area contributed by atoms with E-state index < -0.39 is 0 Å². The highest BCUT2D eigenvalue weighted by molar-refractivity contribution is 7.99. The highest BCUT2D eigenvalue weighted by atomic mass is 32.2. The number of rotatable bonds is 10. The summed E-state index contributed by atoms with van der Waals surface area (Å²) in [6.45, 7) is 14.5. The van der Waals surface area contributed by atoms with E-state index in [0.717, 1.165) is 54.2 Å². The van der Waals surface area contributed by atoms with Crippen LogP contribution in [0.25, 0.3) is 0 Å². The first-order valence-corrected chi connectivity index (χ1v) is 10.9. The summed E-state index contributed by atoms with van der Waals surface area (Å²) >= 11 is 1.63. The van der Waals surface area contributed by atoms with Crippen LogP contribution in [0.3, 0.4) is 0 Å². The topological polar surface area (TPSA) is 75.0 Å². The van der Waals surface area contributed by atoms with Crippen LogP contribution in [-0.4, -0.2) is 34.5 Å². The molecule has 2 aromatic rings. The molecule has 2 heterocycles. The quantitative estimate of drug-likeness (QED) is 0.392. The van der Waals surface area contributed by atoms with Crippen LogP contribution >= 0.6 is 11.8 Å². The lowest BCUT2D eigenvalue weighted by atomic mass is 10.1. The predicted molar refractivity (Wildman–Crippen MR) is 121 cm³/mol. The van der Waals surface area contributed by atoms with Gasteiger partial charge in [-0.3, -0.25) is 0 Å². The Hall–Kier alpha value is -2.25. The molecule has 0 saturated carbocycles. The summed E-state index contributed by atoms with van der Waals surface area (Å²) in [4.78, 5) is 5.94. The first-order chi connectivity index (χ1) is 13.9. The molecule has 0 radical (unpaired) electrons. The molecule has 3 rings (SSSR count). The SMILES string of the molecule is C=CNc1c(C(C)=N)nc(Sc2cc3c(cc2C)CCO3)n1CCCNC(C)C. The molecule has 1 aliphatic rings. The number of benzene rings is 1. The maximum atomic E-state index is 8.16. The van der Waals surface area contributed by atoms with Gasteiger partial charge in [0.1, 0.15) is 17.3 Å². The van der Waals surface area contributed by atoms with E-state index in [1.807, 2.05) is 0 Å². The molecule has 0 atom stereocenters. The number of hydrogen-bond acceptors (Lipinski definition) is 6. The average Bonchev–Trinajstić information content (AvgIpc) is 3.24. The van der Waals surface area contributed by atoms with E-state index in [9.17, 15) is 0 Å². The Morgan fingerprint density at radius 1 is 1.45 bits per heavy atom. The van der Waals surface area contributed by atoms with E-state index in [4.69, 9.17) is 15.1 Å². The van der Waals surface area contributed by atoms with E-state index in [1.165, 1.54) is 11.1 Å². The van der Waals surface area contributed by atoms with Gasteiger partial charge in [0, 0.05) is 23.9 Å². The predicted octanol–water partition coefficient (Wildman–Crippen LogP) is 4.61. The molecule has 29 heavy (non-hydrogen) atoms. The Bertz CT molecular complexity index is 903. The molecule has 6 nitrogen and oxygen atoms in total. The highest BCUT2D eigenvalue weighted by Crippen LogP contribution is 2.38. The van der Waals surface area contributed by atoms with Gasteiger partial charge in [-0.2, -0.15) is 0 Å². The maximum Gasteiger partial charge on any atom is 0.175 e. The number of anilines is 1. The Balaban J connectivity index is 1.92. The van der Waals surface area contributed by atoms with Crippen LogP contribution in [0.4, 0.5) is 5.82 Å². The molecule has 0 unspecified atom stereocenters. The first kappa shape index (κ1) is 21.5. The van der Waals surface area contributed by atoms with Crippen molar-refractivity contribution in [3.8, 4) is 5.75 Å². The van der Waals surface area contributed by atoms with Crippen molar-refractivity contribution >= 4 is 23.3 Å². The van der Waals surface area contributed by atoms with Crippen LogP contribution in [0.5, 0.6) is 5.75 Å². The highest BCUT2D eigenvalue weighted by Gasteiger charge is 2.21. The Morgan fingerprint density at radius 3 is 2.93 bits per heavy atom. The van der Waals surface area contributed by atoms with E-state index in [2.05, 4.69) is 54.7 Å². The van der Waals surface area contributed by atoms with Crippen molar-refractivity contribution in [2.45, 2.75) is 63.2 Å². The molecule has 0 aliphatic carbocycles. The molecule has 0 amide bonds. The smallest absolute Gasteiger partial charge is 0.175 e. The van der Waals surface area contributed by atoms with E-state index in [1.54, 1.807) is 24.9 Å². The monoisotopic (exact) mass is 413 g/mol. The number of hydrogen-bond donors (Lipinski definition) is 3. The van der Waals surface area contributed by atoms with Crippen LogP contribution in [0.1, 0.15) is 44.0 Å². The van der Waals surface area contributed by atoms with Crippen LogP contribution in [0.15, 0.2) is 35.0 Å². The van der Waals surface area contributed by atoms with Crippen molar-refractivity contribution in [2.75, 3.05) is 18.5 Å². The Morgan fingerprint density at radius 2 is 2.24 bits per heavy atom. The average molecular weight is 414 g/mol. The van der Waals surface area contributed by atoms with Crippen LogP contribution in [-0.2, 0) is 13.0 Å². The molecule has 0 spiro atoms. The number of fused-ring (bicyclic) bond motifs is 1. The molecule has 3 N–H and O–H groups in total. The molecular weight excluding hydrogens is 382 g/mol. The summed E-state index contributed by atoms with van der Waals surface area (Å²) in [6, 6.07) is 4.81. The lowest BCUT2D eigenvalue weighted by molar-refractivity contribution is 0.356. The van der Waals surface area contributed by atoms with Crippen molar-refractivity contribution in [1.29, 1.82) is 5.41 Å². The number of imidazole rings is 1. The minimum absolute atomic E-state index is 0.435. The largest absolute Gasteiger partial charge is 0.493 e. The second kappa shape index (κ2) is 9.50. The van der Waals surface area contributed by atoms with Crippen molar-refractivity contribution in [3.05, 3.63) is 41.7 Å². The van der Waals surface area contributed by atoms with Gasteiger partial charge in [-0.05, 0) is 50.2 Å². The second-order valence-corrected chi connectivity index (χ2v) is 8.61. The van der Waals surface area contributed by atoms with Crippen molar-refractivity contribution in [1.82, 2.24) is 14.9 Å². The number of nitrogens with zero attached hydrogens (tertiary/aromatic N) is 2. The summed E-state index contributed by atoms with van der Waals surface area (Å²) in [6.07, 6.45) is 3.59. The molecule has 0 fully saturated rings. The second-order valence-electron chi connectivity index (χ2n) is 7.61. The first-order valence-electron chi connectivity index (χ1n) is 10.1. The Kier molecular flexibility index (Phi) is 7.03. The number of aryl methyl sites for hydroxylation is 1. The van der Waals surface area contributed by atoms with Gasteiger partial charge in [-0.25, -0.2) is 4.98 Å². The fourth-order valence-electron chi connectivity index (χ4n) is 3.39. The summed E-state index contributed by atoms with van der Waals surface area (Å²) < 4.78 is 7.92. The molecular formula is C22H31N5OS. The van der Waals surface area contributed by atoms with E-state index >= 15 is 0 Å². The van der Waals surface area contributed by atoms with Crippen molar-refractivity contribution in [3.63, 3.8) is 0 Å². The molecule has 156 valence electrons. The molecule has 1 aromatic heterocycles. The number of ether oxygens (including phenoxy) is 1. The van der Waals surface area contributed by atoms with Gasteiger partial charge in [0.2, 0.25) is 0 Å². The molecule has 0 bridgehead atoms. The minimum atomic E-state index is 0.435.